The molecule has 0 unspecified atom stereocenters. The van der Waals surface area contributed by atoms with Gasteiger partial charge in [0.25, 0.3) is 0 Å². The second-order valence-corrected chi connectivity index (χ2v) is 8.23. The van der Waals surface area contributed by atoms with Gasteiger partial charge in [-0.2, -0.15) is 26.3 Å². The zero-order chi connectivity index (χ0) is 24.9. The van der Waals surface area contributed by atoms with Gasteiger partial charge in [-0.25, -0.2) is 9.59 Å². The average molecular weight is 488 g/mol. The predicted octanol–water partition coefficient (Wildman–Crippen LogP) is 6.54. The number of hydrogen-bond donors (Lipinski definition) is 0. The molecule has 4 nitrogen and oxygen atoms in total. The smallest absolute Gasteiger partial charge is 0.416 e. The van der Waals surface area contributed by atoms with Crippen LogP contribution >= 0.6 is 0 Å². The third-order valence-electron chi connectivity index (χ3n) is 5.76. The van der Waals surface area contributed by atoms with Crippen molar-refractivity contribution in [3.05, 3.63) is 70.8 Å². The Kier molecular flexibility index (Phi) is 7.89. The number of benzene rings is 2. The van der Waals surface area contributed by atoms with Gasteiger partial charge in [-0.05, 0) is 86.1 Å². The van der Waals surface area contributed by atoms with E-state index < -0.39 is 35.4 Å². The summed E-state index contributed by atoms with van der Waals surface area (Å²) in [6, 6.07) is 7.61. The topological polar surface area (TPSA) is 52.6 Å². The molecule has 0 heterocycles. The van der Waals surface area contributed by atoms with Gasteiger partial charge in [0.1, 0.15) is 0 Å². The molecule has 0 atom stereocenters. The van der Waals surface area contributed by atoms with E-state index in [0.717, 1.165) is 48.5 Å². The molecule has 1 fully saturated rings. The number of carbonyl (C=O) groups is 2. The molecule has 1 aliphatic rings. The summed E-state index contributed by atoms with van der Waals surface area (Å²) in [6.45, 7) is 0.274. The molecule has 184 valence electrons. The van der Waals surface area contributed by atoms with Crippen molar-refractivity contribution in [1.29, 1.82) is 0 Å². The monoisotopic (exact) mass is 488 g/mol. The fourth-order valence-electron chi connectivity index (χ4n) is 3.71. The van der Waals surface area contributed by atoms with Crippen molar-refractivity contribution < 1.29 is 45.4 Å². The Labute approximate surface area is 191 Å². The standard InChI is InChI=1S/C24H22F6O4/c25-23(26,27)19-9-5-17(6-10-19)21(31)33-13-15-1-2-16(4-3-15)14-34-22(32)18-7-11-20(12-8-18)24(28,29)30/h5-12,15-16H,1-4,13-14H2. The van der Waals surface area contributed by atoms with Crippen LogP contribution in [-0.4, -0.2) is 25.2 Å². The lowest BCUT2D eigenvalue weighted by molar-refractivity contribution is -0.138. The van der Waals surface area contributed by atoms with E-state index in [1.54, 1.807) is 0 Å². The van der Waals surface area contributed by atoms with Gasteiger partial charge in [0.15, 0.2) is 0 Å². The molecule has 0 aliphatic heterocycles. The number of carbonyl (C=O) groups excluding carboxylic acids is 2. The van der Waals surface area contributed by atoms with E-state index in [4.69, 9.17) is 9.47 Å². The number of hydrogen-bond acceptors (Lipinski definition) is 4. The van der Waals surface area contributed by atoms with Gasteiger partial charge in [-0.3, -0.25) is 0 Å². The van der Waals surface area contributed by atoms with Gasteiger partial charge >= 0.3 is 24.3 Å². The summed E-state index contributed by atoms with van der Waals surface area (Å²) in [4.78, 5) is 24.2. The maximum absolute atomic E-state index is 12.6. The number of rotatable bonds is 6. The molecule has 10 heteroatoms. The van der Waals surface area contributed by atoms with Crippen LogP contribution in [0.25, 0.3) is 0 Å². The number of ether oxygens (including phenoxy) is 2. The van der Waals surface area contributed by atoms with Crippen molar-refractivity contribution in [3.63, 3.8) is 0 Å². The summed E-state index contributed by atoms with van der Waals surface area (Å²) in [6.07, 6.45) is -6.11. The summed E-state index contributed by atoms with van der Waals surface area (Å²) >= 11 is 0. The van der Waals surface area contributed by atoms with Crippen molar-refractivity contribution in [2.75, 3.05) is 13.2 Å². The maximum atomic E-state index is 12.6. The minimum absolute atomic E-state index is 0.0388. The normalized spacial score (nSPS) is 18.9. The third-order valence-corrected chi connectivity index (χ3v) is 5.76. The number of alkyl halides is 6. The van der Waals surface area contributed by atoms with E-state index in [1.807, 2.05) is 0 Å². The fourth-order valence-corrected chi connectivity index (χ4v) is 3.71. The highest BCUT2D eigenvalue weighted by Gasteiger charge is 2.31. The highest BCUT2D eigenvalue weighted by atomic mass is 19.4. The molecule has 0 saturated heterocycles. The summed E-state index contributed by atoms with van der Waals surface area (Å²) in [5, 5.41) is 0. The second kappa shape index (κ2) is 10.5. The lowest BCUT2D eigenvalue weighted by atomic mass is 9.83. The molecule has 2 aromatic rings. The first-order chi connectivity index (χ1) is 15.9. The Morgan fingerprint density at radius 1 is 0.618 bits per heavy atom. The summed E-state index contributed by atoms with van der Waals surface area (Å²) in [5.74, 6) is -1.22. The van der Waals surface area contributed by atoms with E-state index in [1.165, 1.54) is 0 Å². The highest BCUT2D eigenvalue weighted by Crippen LogP contribution is 2.31. The number of esters is 2. The quantitative estimate of drug-likeness (QED) is 0.342. The first-order valence-corrected chi connectivity index (χ1v) is 10.6. The van der Waals surface area contributed by atoms with Crippen molar-refractivity contribution in [1.82, 2.24) is 0 Å². The Morgan fingerprint density at radius 3 is 1.18 bits per heavy atom. The molecule has 0 N–H and O–H groups in total. The molecule has 0 amide bonds. The molecule has 2 aromatic carbocycles. The Balaban J connectivity index is 1.38. The van der Waals surface area contributed by atoms with E-state index in [2.05, 4.69) is 0 Å². The van der Waals surface area contributed by atoms with Gasteiger partial charge in [0, 0.05) is 0 Å². The van der Waals surface area contributed by atoms with E-state index >= 15 is 0 Å². The Bertz CT molecular complexity index is 891. The molecular formula is C24H22F6O4. The predicted molar refractivity (Wildman–Crippen MR) is 109 cm³/mol. The third kappa shape index (κ3) is 6.98. The first-order valence-electron chi connectivity index (χ1n) is 10.6. The van der Waals surface area contributed by atoms with Crippen LogP contribution in [0.15, 0.2) is 48.5 Å². The van der Waals surface area contributed by atoms with Gasteiger partial charge < -0.3 is 9.47 Å². The van der Waals surface area contributed by atoms with Crippen molar-refractivity contribution in [2.45, 2.75) is 38.0 Å². The minimum atomic E-state index is -4.48. The van der Waals surface area contributed by atoms with Crippen LogP contribution in [0.5, 0.6) is 0 Å². The van der Waals surface area contributed by atoms with Crippen LogP contribution in [0, 0.1) is 11.8 Å². The first kappa shape index (κ1) is 25.6. The fraction of sp³-hybridized carbons (Fsp3) is 0.417. The highest BCUT2D eigenvalue weighted by molar-refractivity contribution is 5.89. The summed E-state index contributed by atoms with van der Waals surface area (Å²) in [5.41, 5.74) is -1.61. The molecule has 3 rings (SSSR count). The zero-order valence-corrected chi connectivity index (χ0v) is 17.9. The molecule has 1 aliphatic carbocycles. The van der Waals surface area contributed by atoms with Crippen LogP contribution in [0.3, 0.4) is 0 Å². The zero-order valence-electron chi connectivity index (χ0n) is 17.9. The molecule has 1 saturated carbocycles. The summed E-state index contributed by atoms with van der Waals surface area (Å²) in [7, 11) is 0. The van der Waals surface area contributed by atoms with E-state index in [-0.39, 0.29) is 36.2 Å². The lowest BCUT2D eigenvalue weighted by Crippen LogP contribution is -2.24. The maximum Gasteiger partial charge on any atom is 0.416 e. The number of halogens is 6. The van der Waals surface area contributed by atoms with Gasteiger partial charge in [0.2, 0.25) is 0 Å². The molecule has 0 spiro atoms. The van der Waals surface area contributed by atoms with Crippen molar-refractivity contribution >= 4 is 11.9 Å². The van der Waals surface area contributed by atoms with Crippen LogP contribution < -0.4 is 0 Å². The van der Waals surface area contributed by atoms with Gasteiger partial charge in [-0.1, -0.05) is 0 Å². The Morgan fingerprint density at radius 2 is 0.912 bits per heavy atom. The van der Waals surface area contributed by atoms with Crippen LogP contribution in [0.4, 0.5) is 26.3 Å². The van der Waals surface area contributed by atoms with E-state index in [0.29, 0.717) is 25.7 Å². The van der Waals surface area contributed by atoms with Gasteiger partial charge in [0.05, 0.1) is 35.5 Å². The van der Waals surface area contributed by atoms with Crippen molar-refractivity contribution in [2.24, 2.45) is 11.8 Å². The molecule has 0 aromatic heterocycles. The van der Waals surface area contributed by atoms with Crippen molar-refractivity contribution in [3.8, 4) is 0 Å². The molecular weight excluding hydrogens is 466 g/mol. The summed E-state index contributed by atoms with van der Waals surface area (Å²) < 4.78 is 86.1. The minimum Gasteiger partial charge on any atom is -0.462 e. The lowest BCUT2D eigenvalue weighted by Gasteiger charge is -2.27. The molecule has 0 bridgehead atoms. The molecule has 0 radical (unpaired) electrons. The van der Waals surface area contributed by atoms with Gasteiger partial charge in [-0.15, -0.1) is 0 Å². The van der Waals surface area contributed by atoms with E-state index in [9.17, 15) is 35.9 Å². The van der Waals surface area contributed by atoms with Crippen LogP contribution in [0.2, 0.25) is 0 Å². The SMILES string of the molecule is O=C(OCC1CCC(COC(=O)c2ccc(C(F)(F)F)cc2)CC1)c1ccc(C(F)(F)F)cc1. The van der Waals surface area contributed by atoms with Crippen LogP contribution in [0.1, 0.15) is 57.5 Å². The molecule has 34 heavy (non-hydrogen) atoms. The Hall–Kier alpha value is -3.04. The van der Waals surface area contributed by atoms with Crippen LogP contribution in [-0.2, 0) is 21.8 Å². The largest absolute Gasteiger partial charge is 0.462 e. The second-order valence-electron chi connectivity index (χ2n) is 8.23. The average Bonchev–Trinajstić information content (AvgIpc) is 2.80.